The Labute approximate surface area is 248 Å². The SMILES string of the molecule is CC(CN1CN([C@H]2c3ccccc3CSc3ccccc32)n2ccc(=O)c(OCOC(=O)OCCO)c2C1=O)C(F)(F)F. The molecule has 2 aliphatic rings. The van der Waals surface area contributed by atoms with Gasteiger partial charge in [0.05, 0.1) is 18.6 Å². The van der Waals surface area contributed by atoms with E-state index in [0.29, 0.717) is 5.75 Å². The van der Waals surface area contributed by atoms with Crippen molar-refractivity contribution in [2.24, 2.45) is 5.92 Å². The molecule has 3 aromatic rings. The summed E-state index contributed by atoms with van der Waals surface area (Å²) in [6, 6.07) is 16.0. The van der Waals surface area contributed by atoms with Crippen molar-refractivity contribution in [3.8, 4) is 5.75 Å². The highest BCUT2D eigenvalue weighted by Crippen LogP contribution is 2.43. The molecule has 1 unspecified atom stereocenters. The zero-order chi connectivity index (χ0) is 30.7. The highest BCUT2D eigenvalue weighted by Gasteiger charge is 2.43. The van der Waals surface area contributed by atoms with Crippen LogP contribution < -0.4 is 15.2 Å². The van der Waals surface area contributed by atoms with Gasteiger partial charge < -0.3 is 24.2 Å². The summed E-state index contributed by atoms with van der Waals surface area (Å²) in [5, 5.41) is 10.5. The summed E-state index contributed by atoms with van der Waals surface area (Å²) in [6.45, 7) is -1.50. The number of benzene rings is 2. The molecule has 0 bridgehead atoms. The Balaban J connectivity index is 1.63. The van der Waals surface area contributed by atoms with Crippen LogP contribution >= 0.6 is 11.8 Å². The van der Waals surface area contributed by atoms with Gasteiger partial charge in [-0.05, 0) is 22.8 Å². The van der Waals surface area contributed by atoms with Crippen molar-refractivity contribution in [2.45, 2.75) is 29.8 Å². The van der Waals surface area contributed by atoms with Gasteiger partial charge in [0.25, 0.3) is 5.91 Å². The molecule has 14 heteroatoms. The predicted molar refractivity (Wildman–Crippen MR) is 149 cm³/mol. The minimum Gasteiger partial charge on any atom is -0.451 e. The first-order valence-corrected chi connectivity index (χ1v) is 14.3. The van der Waals surface area contributed by atoms with E-state index < -0.39 is 61.3 Å². The Bertz CT molecular complexity index is 1520. The second-order valence-electron chi connectivity index (χ2n) is 9.91. The van der Waals surface area contributed by atoms with Crippen molar-refractivity contribution in [3.05, 3.63) is 93.4 Å². The zero-order valence-corrected chi connectivity index (χ0v) is 23.8. The third-order valence-electron chi connectivity index (χ3n) is 7.11. The molecule has 0 aliphatic carbocycles. The van der Waals surface area contributed by atoms with Crippen molar-refractivity contribution in [1.82, 2.24) is 9.58 Å². The molecule has 43 heavy (non-hydrogen) atoms. The standard InChI is InChI=1S/C29H28F3N3O7S/c1-18(29(30,31)32)14-33-16-35(24-20-7-3-2-6-19(20)15-43-23-9-5-4-8-21(23)24)34-11-10-22(37)26(25(34)27(33)38)41-17-42-28(39)40-13-12-36/h2-11,18,24,36H,12-17H2,1H3/t18?,24-/m0/s1. The number of rotatable bonds is 8. The molecule has 2 aliphatic heterocycles. The van der Waals surface area contributed by atoms with E-state index in [1.165, 1.54) is 16.9 Å². The first kappa shape index (κ1) is 30.3. The molecule has 0 saturated heterocycles. The van der Waals surface area contributed by atoms with Gasteiger partial charge in [0.15, 0.2) is 5.69 Å². The van der Waals surface area contributed by atoms with Gasteiger partial charge in [0.2, 0.25) is 18.0 Å². The number of fused-ring (bicyclic) bond motifs is 3. The summed E-state index contributed by atoms with van der Waals surface area (Å²) in [5.74, 6) is -2.56. The van der Waals surface area contributed by atoms with Crippen molar-refractivity contribution >= 4 is 23.8 Å². The van der Waals surface area contributed by atoms with E-state index in [2.05, 4.69) is 4.74 Å². The fourth-order valence-corrected chi connectivity index (χ4v) is 6.11. The van der Waals surface area contributed by atoms with Gasteiger partial charge in [-0.15, -0.1) is 11.8 Å². The Morgan fingerprint density at radius 1 is 1.07 bits per heavy atom. The van der Waals surface area contributed by atoms with Crippen LogP contribution in [0.4, 0.5) is 18.0 Å². The fraction of sp³-hybridized carbons (Fsp3) is 0.345. The van der Waals surface area contributed by atoms with E-state index in [-0.39, 0.29) is 19.0 Å². The second kappa shape index (κ2) is 12.6. The number of aliphatic hydroxyl groups excluding tert-OH is 1. The molecular weight excluding hydrogens is 591 g/mol. The van der Waals surface area contributed by atoms with Crippen molar-refractivity contribution in [2.75, 3.05) is 38.2 Å². The van der Waals surface area contributed by atoms with E-state index in [4.69, 9.17) is 14.6 Å². The van der Waals surface area contributed by atoms with Crippen molar-refractivity contribution in [3.63, 3.8) is 0 Å². The second-order valence-corrected chi connectivity index (χ2v) is 10.9. The Morgan fingerprint density at radius 3 is 2.53 bits per heavy atom. The Hall–Kier alpha value is -4.17. The topological polar surface area (TPSA) is 111 Å². The number of hydrogen-bond acceptors (Lipinski definition) is 9. The van der Waals surface area contributed by atoms with Crippen LogP contribution in [0.2, 0.25) is 0 Å². The van der Waals surface area contributed by atoms with Gasteiger partial charge in [-0.1, -0.05) is 49.4 Å². The van der Waals surface area contributed by atoms with Crippen molar-refractivity contribution in [1.29, 1.82) is 0 Å². The maximum atomic E-state index is 13.8. The number of carbonyl (C=O) groups is 2. The van der Waals surface area contributed by atoms with Gasteiger partial charge in [-0.3, -0.25) is 19.3 Å². The zero-order valence-electron chi connectivity index (χ0n) is 23.0. The van der Waals surface area contributed by atoms with Gasteiger partial charge in [-0.25, -0.2) is 4.79 Å². The minimum atomic E-state index is -4.57. The number of halogens is 3. The lowest BCUT2D eigenvalue weighted by molar-refractivity contribution is -0.172. The molecule has 228 valence electrons. The molecule has 2 aromatic carbocycles. The first-order valence-electron chi connectivity index (χ1n) is 13.3. The number of nitrogens with zero attached hydrogens (tertiary/aromatic N) is 3. The lowest BCUT2D eigenvalue weighted by Crippen LogP contribution is -2.57. The first-order chi connectivity index (χ1) is 20.6. The number of amides is 1. The average molecular weight is 620 g/mol. The molecule has 2 atom stereocenters. The predicted octanol–water partition coefficient (Wildman–Crippen LogP) is 4.28. The van der Waals surface area contributed by atoms with E-state index >= 15 is 0 Å². The highest BCUT2D eigenvalue weighted by molar-refractivity contribution is 7.98. The molecule has 0 radical (unpaired) electrons. The number of hydrogen-bond donors (Lipinski definition) is 1. The quantitative estimate of drug-likeness (QED) is 0.292. The number of thioether (sulfide) groups is 1. The number of ether oxygens (including phenoxy) is 3. The fourth-order valence-electron chi connectivity index (χ4n) is 5.02. The molecule has 5 rings (SSSR count). The summed E-state index contributed by atoms with van der Waals surface area (Å²) in [4.78, 5) is 40.5. The molecule has 0 spiro atoms. The van der Waals surface area contributed by atoms with Crippen LogP contribution in [0.1, 0.15) is 40.1 Å². The molecule has 1 aromatic heterocycles. The lowest BCUT2D eigenvalue weighted by Gasteiger charge is -2.45. The maximum Gasteiger partial charge on any atom is 0.511 e. The highest BCUT2D eigenvalue weighted by atomic mass is 32.2. The van der Waals surface area contributed by atoms with Crippen LogP contribution in [0.3, 0.4) is 0 Å². The molecular formula is C29H28F3N3O7S. The van der Waals surface area contributed by atoms with Crippen LogP contribution in [0.5, 0.6) is 5.75 Å². The number of pyridine rings is 1. The Morgan fingerprint density at radius 2 is 1.79 bits per heavy atom. The lowest BCUT2D eigenvalue weighted by atomic mass is 9.94. The summed E-state index contributed by atoms with van der Waals surface area (Å²) in [7, 11) is 0. The summed E-state index contributed by atoms with van der Waals surface area (Å²) in [6.07, 6.45) is -4.37. The largest absolute Gasteiger partial charge is 0.511 e. The smallest absolute Gasteiger partial charge is 0.451 e. The van der Waals surface area contributed by atoms with Crippen LogP contribution in [-0.2, 0) is 15.2 Å². The van der Waals surface area contributed by atoms with Gasteiger partial charge in [-0.2, -0.15) is 13.2 Å². The van der Waals surface area contributed by atoms with Crippen LogP contribution in [0, 0.1) is 5.92 Å². The van der Waals surface area contributed by atoms with E-state index in [1.807, 2.05) is 48.5 Å². The Kier molecular flexibility index (Phi) is 8.87. The summed E-state index contributed by atoms with van der Waals surface area (Å²) < 4.78 is 57.3. The minimum absolute atomic E-state index is 0.226. The van der Waals surface area contributed by atoms with Crippen LogP contribution in [-0.4, -0.2) is 66.1 Å². The van der Waals surface area contributed by atoms with Gasteiger partial charge in [0, 0.05) is 29.5 Å². The normalized spacial score (nSPS) is 16.9. The van der Waals surface area contributed by atoms with E-state index in [9.17, 15) is 27.6 Å². The van der Waals surface area contributed by atoms with Crippen LogP contribution in [0.25, 0.3) is 0 Å². The molecule has 10 nitrogen and oxygen atoms in total. The molecule has 3 heterocycles. The maximum absolute atomic E-state index is 13.8. The molecule has 1 amide bonds. The third kappa shape index (κ3) is 6.30. The van der Waals surface area contributed by atoms with E-state index in [1.54, 1.807) is 16.8 Å². The number of alkyl halides is 3. The van der Waals surface area contributed by atoms with Crippen LogP contribution in [0.15, 0.2) is 70.5 Å². The average Bonchev–Trinajstić information content (AvgIpc) is 3.15. The summed E-state index contributed by atoms with van der Waals surface area (Å²) in [5.41, 5.74) is 1.72. The third-order valence-corrected chi connectivity index (χ3v) is 8.24. The molecule has 1 N–H and O–H groups in total. The molecule has 0 fully saturated rings. The number of aromatic nitrogens is 1. The monoisotopic (exact) mass is 619 g/mol. The summed E-state index contributed by atoms with van der Waals surface area (Å²) >= 11 is 1.63. The number of aliphatic hydroxyl groups is 1. The number of carbonyl (C=O) groups excluding carboxylic acids is 2. The molecule has 0 saturated carbocycles. The van der Waals surface area contributed by atoms with Gasteiger partial charge in [0.1, 0.15) is 13.3 Å². The van der Waals surface area contributed by atoms with Crippen molar-refractivity contribution < 1.29 is 42.1 Å². The van der Waals surface area contributed by atoms with E-state index in [0.717, 1.165) is 33.4 Å². The van der Waals surface area contributed by atoms with Gasteiger partial charge >= 0.3 is 12.3 Å².